The lowest BCUT2D eigenvalue weighted by Gasteiger charge is -2.36. The highest BCUT2D eigenvalue weighted by Gasteiger charge is 2.21. The second kappa shape index (κ2) is 9.50. The Morgan fingerprint density at radius 3 is 2.71 bits per heavy atom. The van der Waals surface area contributed by atoms with E-state index in [1.165, 1.54) is 0 Å². The van der Waals surface area contributed by atoms with Crippen LogP contribution in [0.1, 0.15) is 19.7 Å². The lowest BCUT2D eigenvalue weighted by molar-refractivity contribution is -0.123. The van der Waals surface area contributed by atoms with Gasteiger partial charge in [-0.15, -0.1) is 10.2 Å². The van der Waals surface area contributed by atoms with Gasteiger partial charge in [-0.3, -0.25) is 19.1 Å². The molecule has 0 radical (unpaired) electrons. The summed E-state index contributed by atoms with van der Waals surface area (Å²) in [7, 11) is 1.80. The van der Waals surface area contributed by atoms with Crippen molar-refractivity contribution < 1.29 is 4.79 Å². The van der Waals surface area contributed by atoms with Crippen molar-refractivity contribution in [2.24, 2.45) is 4.99 Å². The smallest absolute Gasteiger partial charge is 0.234 e. The fraction of sp³-hybridized carbons (Fsp3) is 0.579. The second-order valence-corrected chi connectivity index (χ2v) is 7.25. The van der Waals surface area contributed by atoms with Crippen molar-refractivity contribution in [2.75, 3.05) is 46.3 Å². The molecule has 2 aromatic rings. The molecule has 0 aliphatic carbocycles. The molecule has 0 bridgehead atoms. The Morgan fingerprint density at radius 1 is 1.21 bits per heavy atom. The number of nitrogens with one attached hydrogen (secondary N) is 2. The van der Waals surface area contributed by atoms with Gasteiger partial charge in [-0.1, -0.05) is 6.07 Å². The first kappa shape index (κ1) is 20.1. The van der Waals surface area contributed by atoms with E-state index in [1.807, 2.05) is 42.6 Å². The van der Waals surface area contributed by atoms with E-state index in [2.05, 4.69) is 35.6 Å². The number of nitrogens with zero attached hydrogens (tertiary/aromatic N) is 6. The summed E-state index contributed by atoms with van der Waals surface area (Å²) in [5, 5.41) is 14.8. The van der Waals surface area contributed by atoms with E-state index in [0.29, 0.717) is 6.54 Å². The lowest BCUT2D eigenvalue weighted by Crippen LogP contribution is -2.54. The molecule has 1 fully saturated rings. The summed E-state index contributed by atoms with van der Waals surface area (Å²) in [5.74, 6) is 1.91. The van der Waals surface area contributed by atoms with Crippen LogP contribution in [-0.4, -0.2) is 88.6 Å². The number of aromatic nitrogens is 3. The quantitative estimate of drug-likeness (QED) is 0.536. The summed E-state index contributed by atoms with van der Waals surface area (Å²) >= 11 is 0. The zero-order chi connectivity index (χ0) is 19.9. The Morgan fingerprint density at radius 2 is 2.00 bits per heavy atom. The second-order valence-electron chi connectivity index (χ2n) is 7.25. The van der Waals surface area contributed by atoms with E-state index in [9.17, 15) is 4.79 Å². The number of hydrogen-bond acceptors (Lipinski definition) is 5. The van der Waals surface area contributed by atoms with Gasteiger partial charge in [0.15, 0.2) is 11.6 Å². The van der Waals surface area contributed by atoms with Crippen LogP contribution in [0.4, 0.5) is 0 Å². The maximum Gasteiger partial charge on any atom is 0.234 e. The zero-order valence-corrected chi connectivity index (χ0v) is 16.9. The van der Waals surface area contributed by atoms with Crippen LogP contribution in [-0.2, 0) is 11.2 Å². The molecule has 3 rings (SSSR count). The molecule has 1 aliphatic heterocycles. The van der Waals surface area contributed by atoms with Crippen molar-refractivity contribution in [2.45, 2.75) is 26.3 Å². The first-order chi connectivity index (χ1) is 13.6. The van der Waals surface area contributed by atoms with Crippen LogP contribution in [0.3, 0.4) is 0 Å². The van der Waals surface area contributed by atoms with Crippen LogP contribution >= 0.6 is 0 Å². The monoisotopic (exact) mass is 386 g/mol. The fourth-order valence-electron chi connectivity index (χ4n) is 3.37. The first-order valence-electron chi connectivity index (χ1n) is 9.83. The number of piperazine rings is 1. The van der Waals surface area contributed by atoms with E-state index in [0.717, 1.165) is 56.6 Å². The van der Waals surface area contributed by atoms with Gasteiger partial charge < -0.3 is 15.5 Å². The third-order valence-corrected chi connectivity index (χ3v) is 4.72. The Kier molecular flexibility index (Phi) is 6.80. The molecule has 1 aliphatic rings. The highest BCUT2D eigenvalue weighted by atomic mass is 16.2. The molecule has 152 valence electrons. The number of aliphatic imine (C=N–C) groups is 1. The highest BCUT2D eigenvalue weighted by molar-refractivity contribution is 5.80. The average molecular weight is 387 g/mol. The van der Waals surface area contributed by atoms with Gasteiger partial charge in [-0.2, -0.15) is 0 Å². The summed E-state index contributed by atoms with van der Waals surface area (Å²) in [5.41, 5.74) is 0.861. The van der Waals surface area contributed by atoms with Crippen LogP contribution < -0.4 is 10.6 Å². The van der Waals surface area contributed by atoms with Crippen molar-refractivity contribution in [3.63, 3.8) is 0 Å². The Labute approximate surface area is 165 Å². The normalized spacial score (nSPS) is 16.0. The predicted octanol–water partition coefficient (Wildman–Crippen LogP) is -0.0106. The molecule has 2 N–H and O–H groups in total. The summed E-state index contributed by atoms with van der Waals surface area (Å²) in [6.45, 7) is 8.55. The Hall–Kier alpha value is -2.68. The number of hydrogen-bond donors (Lipinski definition) is 2. The number of guanidine groups is 1. The van der Waals surface area contributed by atoms with Crippen LogP contribution in [0.5, 0.6) is 0 Å². The third-order valence-electron chi connectivity index (χ3n) is 4.72. The van der Waals surface area contributed by atoms with Gasteiger partial charge in [0.1, 0.15) is 5.82 Å². The molecule has 1 saturated heterocycles. The fourth-order valence-corrected chi connectivity index (χ4v) is 3.37. The minimum atomic E-state index is 0.0893. The van der Waals surface area contributed by atoms with Crippen molar-refractivity contribution in [1.29, 1.82) is 0 Å². The molecule has 28 heavy (non-hydrogen) atoms. The molecular weight excluding hydrogens is 356 g/mol. The van der Waals surface area contributed by atoms with Crippen LogP contribution in [0.2, 0.25) is 0 Å². The molecule has 1 amide bonds. The van der Waals surface area contributed by atoms with Gasteiger partial charge in [-0.25, -0.2) is 0 Å². The van der Waals surface area contributed by atoms with Gasteiger partial charge in [0.05, 0.1) is 6.54 Å². The lowest BCUT2D eigenvalue weighted by atomic mass is 10.3. The molecule has 0 saturated carbocycles. The van der Waals surface area contributed by atoms with Crippen LogP contribution in [0, 0.1) is 0 Å². The molecule has 0 unspecified atom stereocenters. The largest absolute Gasteiger partial charge is 0.356 e. The van der Waals surface area contributed by atoms with E-state index in [4.69, 9.17) is 0 Å². The zero-order valence-electron chi connectivity index (χ0n) is 16.9. The minimum Gasteiger partial charge on any atom is -0.356 e. The highest BCUT2D eigenvalue weighted by Crippen LogP contribution is 2.04. The van der Waals surface area contributed by atoms with E-state index in [-0.39, 0.29) is 11.9 Å². The molecule has 9 heteroatoms. The van der Waals surface area contributed by atoms with E-state index in [1.54, 1.807) is 7.05 Å². The maximum atomic E-state index is 11.9. The predicted molar refractivity (Wildman–Crippen MR) is 109 cm³/mol. The van der Waals surface area contributed by atoms with E-state index >= 15 is 0 Å². The molecule has 3 heterocycles. The number of carbonyl (C=O) groups is 1. The topological polar surface area (TPSA) is 90.2 Å². The van der Waals surface area contributed by atoms with Crippen molar-refractivity contribution in [1.82, 2.24) is 35.0 Å². The van der Waals surface area contributed by atoms with E-state index < -0.39 is 0 Å². The van der Waals surface area contributed by atoms with Gasteiger partial charge >= 0.3 is 0 Å². The van der Waals surface area contributed by atoms with Gasteiger partial charge in [-0.05, 0) is 26.0 Å². The molecule has 2 aromatic heterocycles. The number of amides is 1. The number of rotatable bonds is 6. The summed E-state index contributed by atoms with van der Waals surface area (Å²) in [4.78, 5) is 20.8. The average Bonchev–Trinajstić information content (AvgIpc) is 3.09. The molecule has 0 spiro atoms. The minimum absolute atomic E-state index is 0.0893. The van der Waals surface area contributed by atoms with Crippen molar-refractivity contribution in [3.8, 4) is 0 Å². The Balaban J connectivity index is 1.44. The SMILES string of the molecule is CN=C(NCCc1nnc2ccccn12)N1CCN(CC(=O)NC(C)C)CC1. The number of pyridine rings is 1. The third kappa shape index (κ3) is 5.19. The molecular formula is C19H30N8O. The molecule has 0 aromatic carbocycles. The van der Waals surface area contributed by atoms with Crippen LogP contribution in [0.15, 0.2) is 29.4 Å². The molecule has 9 nitrogen and oxygen atoms in total. The van der Waals surface area contributed by atoms with Gasteiger partial charge in [0, 0.05) is 58.4 Å². The van der Waals surface area contributed by atoms with Crippen molar-refractivity contribution in [3.05, 3.63) is 30.2 Å². The maximum absolute atomic E-state index is 11.9. The number of fused-ring (bicyclic) bond motifs is 1. The summed E-state index contributed by atoms with van der Waals surface area (Å²) in [6.07, 6.45) is 2.74. The summed E-state index contributed by atoms with van der Waals surface area (Å²) in [6, 6.07) is 6.07. The van der Waals surface area contributed by atoms with Crippen LogP contribution in [0.25, 0.3) is 5.65 Å². The molecule has 0 atom stereocenters. The number of carbonyl (C=O) groups excluding carboxylic acids is 1. The summed E-state index contributed by atoms with van der Waals surface area (Å²) < 4.78 is 2.01. The van der Waals surface area contributed by atoms with Gasteiger partial charge in [0.2, 0.25) is 5.91 Å². The standard InChI is InChI=1S/C19H30N8O/c1-15(2)22-18(28)14-25-10-12-26(13-11-25)19(20-3)21-8-7-17-24-23-16-6-4-5-9-27(16)17/h4-6,9,15H,7-8,10-14H2,1-3H3,(H,20,21)(H,22,28). The Bertz CT molecular complexity index is 807. The van der Waals surface area contributed by atoms with Gasteiger partial charge in [0.25, 0.3) is 0 Å². The van der Waals surface area contributed by atoms with Crippen molar-refractivity contribution >= 4 is 17.5 Å². The first-order valence-corrected chi connectivity index (χ1v) is 9.83.